The molecule has 0 radical (unpaired) electrons. The van der Waals surface area contributed by atoms with Gasteiger partial charge in [-0.25, -0.2) is 0 Å². The molecule has 1 heterocycles. The Morgan fingerprint density at radius 3 is 1.62 bits per heavy atom. The van der Waals surface area contributed by atoms with Crippen LogP contribution in [0, 0.1) is 0 Å². The van der Waals surface area contributed by atoms with Crippen molar-refractivity contribution in [1.29, 1.82) is 0 Å². The molecule has 0 aliphatic carbocycles. The summed E-state index contributed by atoms with van der Waals surface area (Å²) in [7, 11) is 2.11. The van der Waals surface area contributed by atoms with Gasteiger partial charge < -0.3 is 10.0 Å². The molecule has 0 amide bonds. The van der Waals surface area contributed by atoms with E-state index in [1.165, 1.54) is 0 Å². The normalized spacial score (nSPS) is 18.0. The highest BCUT2D eigenvalue weighted by molar-refractivity contribution is 4.65. The standard InChI is InChI=1S/C6H14N2O.2C2H6/c1-7-2-4-8(6-9)5-3-7;2*1-2/h9H,2-6H2,1H3;2*1-2H3. The zero-order valence-corrected chi connectivity index (χ0v) is 9.88. The van der Waals surface area contributed by atoms with Crippen LogP contribution in [-0.4, -0.2) is 54.9 Å². The Bertz CT molecular complexity index is 81.0. The maximum Gasteiger partial charge on any atom is 0.0957 e. The second kappa shape index (κ2) is 11.9. The Kier molecular flexibility index (Phi) is 14.0. The number of aliphatic hydroxyl groups is 1. The average Bonchev–Trinajstić information content (AvgIpc) is 2.25. The van der Waals surface area contributed by atoms with Gasteiger partial charge >= 0.3 is 0 Å². The Hall–Kier alpha value is -0.120. The predicted molar refractivity (Wildman–Crippen MR) is 58.9 cm³/mol. The van der Waals surface area contributed by atoms with E-state index in [0.717, 1.165) is 26.2 Å². The van der Waals surface area contributed by atoms with Gasteiger partial charge in [-0.1, -0.05) is 27.7 Å². The molecule has 1 aliphatic rings. The molecule has 3 heteroatoms. The highest BCUT2D eigenvalue weighted by Crippen LogP contribution is 1.95. The Balaban J connectivity index is 0. The smallest absolute Gasteiger partial charge is 0.0957 e. The van der Waals surface area contributed by atoms with Crippen LogP contribution in [0.4, 0.5) is 0 Å². The molecule has 3 nitrogen and oxygen atoms in total. The number of hydrogen-bond donors (Lipinski definition) is 1. The first kappa shape index (κ1) is 15.4. The average molecular weight is 190 g/mol. The van der Waals surface area contributed by atoms with Crippen molar-refractivity contribution >= 4 is 0 Å². The van der Waals surface area contributed by atoms with E-state index in [0.29, 0.717) is 0 Å². The first-order valence-electron chi connectivity index (χ1n) is 5.34. The fourth-order valence-corrected chi connectivity index (χ4v) is 0.989. The largest absolute Gasteiger partial charge is 0.381 e. The summed E-state index contributed by atoms with van der Waals surface area (Å²) < 4.78 is 0. The zero-order chi connectivity index (χ0) is 10.7. The minimum absolute atomic E-state index is 0.216. The summed E-state index contributed by atoms with van der Waals surface area (Å²) in [6.07, 6.45) is 0. The molecule has 1 saturated heterocycles. The summed E-state index contributed by atoms with van der Waals surface area (Å²) in [6, 6.07) is 0. The van der Waals surface area contributed by atoms with Gasteiger partial charge in [-0.2, -0.15) is 0 Å². The SMILES string of the molecule is CC.CC.CN1CCN(CO)CC1. The summed E-state index contributed by atoms with van der Waals surface area (Å²) in [5.74, 6) is 0. The van der Waals surface area contributed by atoms with E-state index in [1.807, 2.05) is 32.6 Å². The summed E-state index contributed by atoms with van der Waals surface area (Å²) in [4.78, 5) is 4.31. The van der Waals surface area contributed by atoms with Gasteiger partial charge in [-0.05, 0) is 7.05 Å². The second-order valence-electron chi connectivity index (χ2n) is 2.56. The van der Waals surface area contributed by atoms with Crippen molar-refractivity contribution in [2.24, 2.45) is 0 Å². The van der Waals surface area contributed by atoms with Crippen LogP contribution in [0.1, 0.15) is 27.7 Å². The molecule has 1 aliphatic heterocycles. The van der Waals surface area contributed by atoms with Crippen LogP contribution in [0.15, 0.2) is 0 Å². The highest BCUT2D eigenvalue weighted by atomic mass is 16.3. The fraction of sp³-hybridized carbons (Fsp3) is 1.00. The molecular formula is C10H26N2O. The van der Waals surface area contributed by atoms with Crippen LogP contribution < -0.4 is 0 Å². The van der Waals surface area contributed by atoms with Gasteiger partial charge in [-0.3, -0.25) is 4.90 Å². The number of hydrogen-bond acceptors (Lipinski definition) is 3. The zero-order valence-electron chi connectivity index (χ0n) is 9.88. The van der Waals surface area contributed by atoms with Crippen molar-refractivity contribution in [2.75, 3.05) is 40.0 Å². The molecule has 0 unspecified atom stereocenters. The molecule has 0 aromatic rings. The third-order valence-corrected chi connectivity index (χ3v) is 1.80. The maximum absolute atomic E-state index is 8.68. The van der Waals surface area contributed by atoms with Gasteiger partial charge in [0, 0.05) is 26.2 Å². The topological polar surface area (TPSA) is 26.7 Å². The minimum Gasteiger partial charge on any atom is -0.381 e. The molecular weight excluding hydrogens is 164 g/mol. The third kappa shape index (κ3) is 8.22. The predicted octanol–water partition coefficient (Wildman–Crippen LogP) is 1.24. The van der Waals surface area contributed by atoms with Crippen molar-refractivity contribution in [3.8, 4) is 0 Å². The molecule has 0 aromatic carbocycles. The van der Waals surface area contributed by atoms with Gasteiger partial charge in [0.25, 0.3) is 0 Å². The van der Waals surface area contributed by atoms with Crippen LogP contribution >= 0.6 is 0 Å². The Labute approximate surface area is 83.3 Å². The number of piperazine rings is 1. The van der Waals surface area contributed by atoms with E-state index < -0.39 is 0 Å². The molecule has 0 bridgehead atoms. The second-order valence-corrected chi connectivity index (χ2v) is 2.56. The highest BCUT2D eigenvalue weighted by Gasteiger charge is 2.11. The Morgan fingerprint density at radius 2 is 1.31 bits per heavy atom. The summed E-state index contributed by atoms with van der Waals surface area (Å²) in [5, 5.41) is 8.68. The molecule has 82 valence electrons. The Morgan fingerprint density at radius 1 is 0.923 bits per heavy atom. The molecule has 1 rings (SSSR count). The van der Waals surface area contributed by atoms with Crippen LogP contribution in [-0.2, 0) is 0 Å². The van der Waals surface area contributed by atoms with E-state index in [4.69, 9.17) is 5.11 Å². The lowest BCUT2D eigenvalue weighted by atomic mass is 10.3. The third-order valence-electron chi connectivity index (χ3n) is 1.80. The van der Waals surface area contributed by atoms with E-state index >= 15 is 0 Å². The van der Waals surface area contributed by atoms with Gasteiger partial charge in [0.2, 0.25) is 0 Å². The van der Waals surface area contributed by atoms with Gasteiger partial charge in [0.15, 0.2) is 0 Å². The van der Waals surface area contributed by atoms with Gasteiger partial charge in [0.05, 0.1) is 6.73 Å². The molecule has 13 heavy (non-hydrogen) atoms. The van der Waals surface area contributed by atoms with Crippen molar-refractivity contribution in [1.82, 2.24) is 9.80 Å². The summed E-state index contributed by atoms with van der Waals surface area (Å²) in [5.41, 5.74) is 0. The lowest BCUT2D eigenvalue weighted by Crippen LogP contribution is -2.44. The minimum atomic E-state index is 0.216. The van der Waals surface area contributed by atoms with Crippen LogP contribution in [0.5, 0.6) is 0 Å². The van der Waals surface area contributed by atoms with Crippen LogP contribution in [0.3, 0.4) is 0 Å². The summed E-state index contributed by atoms with van der Waals surface area (Å²) >= 11 is 0. The summed E-state index contributed by atoms with van der Waals surface area (Å²) in [6.45, 7) is 12.4. The lowest BCUT2D eigenvalue weighted by Gasteiger charge is -2.30. The van der Waals surface area contributed by atoms with E-state index in [2.05, 4.69) is 11.9 Å². The lowest BCUT2D eigenvalue weighted by molar-refractivity contribution is 0.0630. The van der Waals surface area contributed by atoms with Crippen molar-refractivity contribution in [3.63, 3.8) is 0 Å². The van der Waals surface area contributed by atoms with Crippen LogP contribution in [0.2, 0.25) is 0 Å². The molecule has 1 fully saturated rings. The van der Waals surface area contributed by atoms with Crippen molar-refractivity contribution in [3.05, 3.63) is 0 Å². The number of nitrogens with zero attached hydrogens (tertiary/aromatic N) is 2. The van der Waals surface area contributed by atoms with E-state index in [-0.39, 0.29) is 6.73 Å². The quantitative estimate of drug-likeness (QED) is 0.674. The van der Waals surface area contributed by atoms with Crippen molar-refractivity contribution < 1.29 is 5.11 Å². The van der Waals surface area contributed by atoms with Crippen LogP contribution in [0.25, 0.3) is 0 Å². The number of rotatable bonds is 1. The molecule has 0 spiro atoms. The fourth-order valence-electron chi connectivity index (χ4n) is 0.989. The first-order valence-corrected chi connectivity index (χ1v) is 5.34. The van der Waals surface area contributed by atoms with Gasteiger partial charge in [0.1, 0.15) is 0 Å². The molecule has 0 aromatic heterocycles. The molecule has 0 atom stereocenters. The van der Waals surface area contributed by atoms with E-state index in [1.54, 1.807) is 0 Å². The first-order chi connectivity index (χ1) is 6.33. The van der Waals surface area contributed by atoms with Crippen molar-refractivity contribution in [2.45, 2.75) is 27.7 Å². The maximum atomic E-state index is 8.68. The monoisotopic (exact) mass is 190 g/mol. The molecule has 0 saturated carbocycles. The number of aliphatic hydroxyl groups excluding tert-OH is 1. The number of likely N-dealkylation sites (N-methyl/N-ethyl adjacent to an activating group) is 1. The van der Waals surface area contributed by atoms with Gasteiger partial charge in [-0.15, -0.1) is 0 Å². The van der Waals surface area contributed by atoms with E-state index in [9.17, 15) is 0 Å². The molecule has 1 N–H and O–H groups in total.